The highest BCUT2D eigenvalue weighted by molar-refractivity contribution is 7.15. The fourth-order valence-corrected chi connectivity index (χ4v) is 2.87. The number of rotatable bonds is 4. The number of anilines is 1. The van der Waals surface area contributed by atoms with Crippen LogP contribution in [-0.4, -0.2) is 12.1 Å². The van der Waals surface area contributed by atoms with Crippen molar-refractivity contribution < 1.29 is 4.74 Å². The zero-order chi connectivity index (χ0) is 13.1. The van der Waals surface area contributed by atoms with Crippen LogP contribution in [0.5, 0.6) is 5.75 Å². The first-order chi connectivity index (χ1) is 8.60. The van der Waals surface area contributed by atoms with E-state index in [1.165, 1.54) is 16.0 Å². The van der Waals surface area contributed by atoms with Crippen molar-refractivity contribution >= 4 is 16.5 Å². The first-order valence-corrected chi connectivity index (χ1v) is 6.77. The Bertz CT molecular complexity index is 549. The lowest BCUT2D eigenvalue weighted by atomic mass is 10.0. The van der Waals surface area contributed by atoms with Crippen LogP contribution in [0.1, 0.15) is 21.7 Å². The quantitative estimate of drug-likeness (QED) is 0.921. The molecule has 4 heteroatoms. The average molecular weight is 262 g/mol. The maximum atomic E-state index is 5.71. The SMILES string of the molecule is COc1ccc(C)cc1CCc1sc(N)nc1C. The molecule has 0 unspecified atom stereocenters. The molecule has 0 spiro atoms. The van der Waals surface area contributed by atoms with Crippen LogP contribution < -0.4 is 10.5 Å². The Hall–Kier alpha value is -1.55. The van der Waals surface area contributed by atoms with Crippen LogP contribution in [0.3, 0.4) is 0 Å². The van der Waals surface area contributed by atoms with E-state index in [4.69, 9.17) is 10.5 Å². The minimum atomic E-state index is 0.652. The van der Waals surface area contributed by atoms with Gasteiger partial charge in [-0.05, 0) is 38.3 Å². The molecule has 0 saturated carbocycles. The van der Waals surface area contributed by atoms with Crippen LogP contribution in [0, 0.1) is 13.8 Å². The second kappa shape index (κ2) is 5.40. The zero-order valence-electron chi connectivity index (χ0n) is 11.0. The van der Waals surface area contributed by atoms with Gasteiger partial charge in [0, 0.05) is 4.88 Å². The van der Waals surface area contributed by atoms with Crippen molar-refractivity contribution in [1.29, 1.82) is 0 Å². The van der Waals surface area contributed by atoms with E-state index < -0.39 is 0 Å². The van der Waals surface area contributed by atoms with Gasteiger partial charge in [-0.2, -0.15) is 0 Å². The van der Waals surface area contributed by atoms with Gasteiger partial charge in [-0.15, -0.1) is 11.3 Å². The highest BCUT2D eigenvalue weighted by Gasteiger charge is 2.08. The molecule has 0 fully saturated rings. The summed E-state index contributed by atoms with van der Waals surface area (Å²) in [6.45, 7) is 4.11. The van der Waals surface area contributed by atoms with Gasteiger partial charge >= 0.3 is 0 Å². The summed E-state index contributed by atoms with van der Waals surface area (Å²) in [4.78, 5) is 5.51. The molecule has 2 rings (SSSR count). The molecule has 0 amide bonds. The number of hydrogen-bond acceptors (Lipinski definition) is 4. The summed E-state index contributed by atoms with van der Waals surface area (Å²) < 4.78 is 5.39. The normalized spacial score (nSPS) is 10.6. The van der Waals surface area contributed by atoms with Crippen molar-refractivity contribution in [3.63, 3.8) is 0 Å². The maximum absolute atomic E-state index is 5.71. The number of aryl methyl sites for hydroxylation is 4. The van der Waals surface area contributed by atoms with Gasteiger partial charge in [0.1, 0.15) is 5.75 Å². The molecule has 96 valence electrons. The summed E-state index contributed by atoms with van der Waals surface area (Å²) in [6, 6.07) is 6.27. The molecule has 2 aromatic rings. The molecular weight excluding hydrogens is 244 g/mol. The fourth-order valence-electron chi connectivity index (χ4n) is 2.03. The summed E-state index contributed by atoms with van der Waals surface area (Å²) in [7, 11) is 1.71. The Morgan fingerprint density at radius 3 is 2.67 bits per heavy atom. The van der Waals surface area contributed by atoms with Crippen LogP contribution >= 0.6 is 11.3 Å². The largest absolute Gasteiger partial charge is 0.496 e. The average Bonchev–Trinajstić information content (AvgIpc) is 2.65. The van der Waals surface area contributed by atoms with Crippen molar-refractivity contribution in [2.24, 2.45) is 0 Å². The van der Waals surface area contributed by atoms with E-state index in [1.54, 1.807) is 18.4 Å². The van der Waals surface area contributed by atoms with E-state index in [2.05, 4.69) is 24.0 Å². The number of ether oxygens (including phenoxy) is 1. The van der Waals surface area contributed by atoms with E-state index >= 15 is 0 Å². The number of aromatic nitrogens is 1. The Morgan fingerprint density at radius 2 is 2.06 bits per heavy atom. The zero-order valence-corrected chi connectivity index (χ0v) is 11.8. The molecule has 0 atom stereocenters. The van der Waals surface area contributed by atoms with Crippen LogP contribution in [-0.2, 0) is 12.8 Å². The molecular formula is C14H18N2OS. The lowest BCUT2D eigenvalue weighted by molar-refractivity contribution is 0.409. The Balaban J connectivity index is 2.14. The number of methoxy groups -OCH3 is 1. The summed E-state index contributed by atoms with van der Waals surface area (Å²) in [5, 5.41) is 0.652. The second-order valence-electron chi connectivity index (χ2n) is 4.38. The first-order valence-electron chi connectivity index (χ1n) is 5.95. The van der Waals surface area contributed by atoms with E-state index in [-0.39, 0.29) is 0 Å². The topological polar surface area (TPSA) is 48.1 Å². The smallest absolute Gasteiger partial charge is 0.180 e. The number of benzene rings is 1. The maximum Gasteiger partial charge on any atom is 0.180 e. The molecule has 2 N–H and O–H groups in total. The van der Waals surface area contributed by atoms with Crippen LogP contribution in [0.2, 0.25) is 0 Å². The minimum absolute atomic E-state index is 0.652. The number of hydrogen-bond donors (Lipinski definition) is 1. The van der Waals surface area contributed by atoms with Crippen molar-refractivity contribution in [2.75, 3.05) is 12.8 Å². The molecule has 3 nitrogen and oxygen atoms in total. The van der Waals surface area contributed by atoms with E-state index in [0.717, 1.165) is 24.3 Å². The third-order valence-corrected chi connectivity index (χ3v) is 4.01. The summed E-state index contributed by atoms with van der Waals surface area (Å²) in [5.74, 6) is 0.954. The van der Waals surface area contributed by atoms with Gasteiger partial charge in [0.2, 0.25) is 0 Å². The van der Waals surface area contributed by atoms with Gasteiger partial charge in [0.05, 0.1) is 12.8 Å². The van der Waals surface area contributed by atoms with Crippen LogP contribution in [0.25, 0.3) is 0 Å². The van der Waals surface area contributed by atoms with E-state index in [1.807, 2.05) is 13.0 Å². The Morgan fingerprint density at radius 1 is 1.28 bits per heavy atom. The molecule has 0 aliphatic rings. The standard InChI is InChI=1S/C14H18N2OS/c1-9-4-6-12(17-3)11(8-9)5-7-13-10(2)16-14(15)18-13/h4,6,8H,5,7H2,1-3H3,(H2,15,16). The molecule has 0 radical (unpaired) electrons. The molecule has 0 saturated heterocycles. The molecule has 1 aromatic heterocycles. The summed E-state index contributed by atoms with van der Waals surface area (Å²) in [6.07, 6.45) is 1.91. The fraction of sp³-hybridized carbons (Fsp3) is 0.357. The van der Waals surface area contributed by atoms with Crippen molar-refractivity contribution in [1.82, 2.24) is 4.98 Å². The molecule has 1 aromatic carbocycles. The highest BCUT2D eigenvalue weighted by Crippen LogP contribution is 2.25. The van der Waals surface area contributed by atoms with Crippen LogP contribution in [0.4, 0.5) is 5.13 Å². The molecule has 1 heterocycles. The third kappa shape index (κ3) is 2.82. The highest BCUT2D eigenvalue weighted by atomic mass is 32.1. The molecule has 0 bridgehead atoms. The number of thiazole rings is 1. The predicted octanol–water partition coefficient (Wildman–Crippen LogP) is 3.14. The van der Waals surface area contributed by atoms with Gasteiger partial charge in [0.15, 0.2) is 5.13 Å². The molecule has 18 heavy (non-hydrogen) atoms. The van der Waals surface area contributed by atoms with Gasteiger partial charge in [-0.1, -0.05) is 17.7 Å². The van der Waals surface area contributed by atoms with Gasteiger partial charge in [0.25, 0.3) is 0 Å². The van der Waals surface area contributed by atoms with Crippen molar-refractivity contribution in [2.45, 2.75) is 26.7 Å². The Labute approximate surface area is 112 Å². The summed E-state index contributed by atoms with van der Waals surface area (Å²) in [5.41, 5.74) is 9.25. The number of nitrogen functional groups attached to an aromatic ring is 1. The first kappa shape index (κ1) is 12.9. The lowest BCUT2D eigenvalue weighted by Crippen LogP contribution is -1.96. The van der Waals surface area contributed by atoms with Gasteiger partial charge < -0.3 is 10.5 Å². The monoisotopic (exact) mass is 262 g/mol. The van der Waals surface area contributed by atoms with Crippen LogP contribution in [0.15, 0.2) is 18.2 Å². The third-order valence-electron chi connectivity index (χ3n) is 2.97. The van der Waals surface area contributed by atoms with Gasteiger partial charge in [-0.25, -0.2) is 4.98 Å². The minimum Gasteiger partial charge on any atom is -0.496 e. The Kier molecular flexibility index (Phi) is 3.87. The van der Waals surface area contributed by atoms with Crippen molar-refractivity contribution in [3.05, 3.63) is 39.9 Å². The number of nitrogens with zero attached hydrogens (tertiary/aromatic N) is 1. The summed E-state index contributed by atoms with van der Waals surface area (Å²) >= 11 is 1.58. The molecule has 0 aliphatic carbocycles. The van der Waals surface area contributed by atoms with E-state index in [0.29, 0.717) is 5.13 Å². The van der Waals surface area contributed by atoms with E-state index in [9.17, 15) is 0 Å². The molecule has 0 aliphatic heterocycles. The van der Waals surface area contributed by atoms with Crippen molar-refractivity contribution in [3.8, 4) is 5.75 Å². The van der Waals surface area contributed by atoms with Gasteiger partial charge in [-0.3, -0.25) is 0 Å². The predicted molar refractivity (Wildman–Crippen MR) is 76.4 cm³/mol. The lowest BCUT2D eigenvalue weighted by Gasteiger charge is -2.09. The second-order valence-corrected chi connectivity index (χ2v) is 5.49. The number of nitrogens with two attached hydrogens (primary N) is 1.